The maximum absolute atomic E-state index is 12.4. The van der Waals surface area contributed by atoms with E-state index in [1.807, 2.05) is 47.4 Å². The van der Waals surface area contributed by atoms with Crippen molar-refractivity contribution in [1.29, 1.82) is 0 Å². The molecule has 1 fully saturated rings. The van der Waals surface area contributed by atoms with Gasteiger partial charge in [0.1, 0.15) is 5.75 Å². The third-order valence-corrected chi connectivity index (χ3v) is 4.87. The summed E-state index contributed by atoms with van der Waals surface area (Å²) in [7, 11) is 0. The van der Waals surface area contributed by atoms with Gasteiger partial charge in [-0.05, 0) is 43.7 Å². The van der Waals surface area contributed by atoms with Crippen LogP contribution in [0, 0.1) is 6.92 Å². The lowest BCUT2D eigenvalue weighted by Crippen LogP contribution is -2.48. The zero-order chi connectivity index (χ0) is 18.4. The molecule has 0 unspecified atom stereocenters. The van der Waals surface area contributed by atoms with E-state index in [1.165, 1.54) is 5.56 Å². The standard InChI is InChI=1S/C21H25ClN2O2/c1-17-7-9-20(10-8-17)26-15-3-6-21(25)24-13-11-23(12-14-24)19-5-2-4-18(22)16-19/h2,4-5,7-10,16H,3,6,11-15H2,1H3. The highest BCUT2D eigenvalue weighted by Crippen LogP contribution is 2.21. The summed E-state index contributed by atoms with van der Waals surface area (Å²) in [4.78, 5) is 16.6. The van der Waals surface area contributed by atoms with Crippen LogP contribution in [0.25, 0.3) is 0 Å². The van der Waals surface area contributed by atoms with Gasteiger partial charge in [0.25, 0.3) is 0 Å². The lowest BCUT2D eigenvalue weighted by Gasteiger charge is -2.36. The summed E-state index contributed by atoms with van der Waals surface area (Å²) in [5, 5.41) is 0.745. The first-order chi connectivity index (χ1) is 12.6. The summed E-state index contributed by atoms with van der Waals surface area (Å²) in [6.45, 7) is 5.80. The maximum atomic E-state index is 12.4. The molecular formula is C21H25ClN2O2. The molecular weight excluding hydrogens is 348 g/mol. The lowest BCUT2D eigenvalue weighted by atomic mass is 10.2. The van der Waals surface area contributed by atoms with Gasteiger partial charge in [0.15, 0.2) is 0 Å². The molecule has 138 valence electrons. The van der Waals surface area contributed by atoms with E-state index in [1.54, 1.807) is 0 Å². The van der Waals surface area contributed by atoms with Crippen molar-refractivity contribution in [2.24, 2.45) is 0 Å². The largest absolute Gasteiger partial charge is 0.494 e. The minimum atomic E-state index is 0.211. The molecule has 2 aromatic rings. The molecule has 1 saturated heterocycles. The summed E-state index contributed by atoms with van der Waals surface area (Å²) in [5.41, 5.74) is 2.33. The first-order valence-corrected chi connectivity index (χ1v) is 9.47. The number of amides is 1. The number of halogens is 1. The fraction of sp³-hybridized carbons (Fsp3) is 0.381. The Bertz CT molecular complexity index is 725. The van der Waals surface area contributed by atoms with Crippen LogP contribution in [0.15, 0.2) is 48.5 Å². The number of carbonyl (C=O) groups excluding carboxylic acids is 1. The van der Waals surface area contributed by atoms with Crippen molar-refractivity contribution in [2.75, 3.05) is 37.7 Å². The number of anilines is 1. The zero-order valence-electron chi connectivity index (χ0n) is 15.2. The van der Waals surface area contributed by atoms with Crippen LogP contribution in [-0.2, 0) is 4.79 Å². The van der Waals surface area contributed by atoms with E-state index in [0.29, 0.717) is 13.0 Å². The molecule has 0 N–H and O–H groups in total. The minimum absolute atomic E-state index is 0.211. The molecule has 1 aliphatic rings. The van der Waals surface area contributed by atoms with Crippen LogP contribution >= 0.6 is 11.6 Å². The second kappa shape index (κ2) is 8.95. The van der Waals surface area contributed by atoms with Crippen LogP contribution < -0.4 is 9.64 Å². The van der Waals surface area contributed by atoms with Crippen LogP contribution in [0.4, 0.5) is 5.69 Å². The number of aryl methyl sites for hydroxylation is 1. The Balaban J connectivity index is 1.37. The SMILES string of the molecule is Cc1ccc(OCCCC(=O)N2CCN(c3cccc(Cl)c3)CC2)cc1. The first kappa shape index (κ1) is 18.6. The van der Waals surface area contributed by atoms with Crippen LogP contribution in [0.3, 0.4) is 0 Å². The highest BCUT2D eigenvalue weighted by molar-refractivity contribution is 6.30. The number of hydrogen-bond donors (Lipinski definition) is 0. The number of ether oxygens (including phenoxy) is 1. The van der Waals surface area contributed by atoms with E-state index in [9.17, 15) is 4.79 Å². The van der Waals surface area contributed by atoms with Crippen LogP contribution in [0.1, 0.15) is 18.4 Å². The molecule has 5 heteroatoms. The Morgan fingerprint density at radius 3 is 2.50 bits per heavy atom. The summed E-state index contributed by atoms with van der Waals surface area (Å²) in [6, 6.07) is 15.9. The Kier molecular flexibility index (Phi) is 6.40. The van der Waals surface area contributed by atoms with Gasteiger partial charge in [-0.2, -0.15) is 0 Å². The first-order valence-electron chi connectivity index (χ1n) is 9.09. The number of nitrogens with zero attached hydrogens (tertiary/aromatic N) is 2. The van der Waals surface area contributed by atoms with E-state index in [2.05, 4.69) is 17.9 Å². The van der Waals surface area contributed by atoms with Crippen molar-refractivity contribution < 1.29 is 9.53 Å². The zero-order valence-corrected chi connectivity index (χ0v) is 15.9. The van der Waals surface area contributed by atoms with E-state index in [-0.39, 0.29) is 5.91 Å². The Morgan fingerprint density at radius 2 is 1.81 bits per heavy atom. The molecule has 2 aromatic carbocycles. The van der Waals surface area contributed by atoms with Crippen LogP contribution in [0.2, 0.25) is 5.02 Å². The summed E-state index contributed by atoms with van der Waals surface area (Å²) in [6.07, 6.45) is 1.27. The fourth-order valence-corrected chi connectivity index (χ4v) is 3.28. The molecule has 0 bridgehead atoms. The molecule has 0 aliphatic carbocycles. The highest BCUT2D eigenvalue weighted by Gasteiger charge is 2.21. The molecule has 0 radical (unpaired) electrons. The molecule has 4 nitrogen and oxygen atoms in total. The molecule has 0 aromatic heterocycles. The Morgan fingerprint density at radius 1 is 1.08 bits per heavy atom. The van der Waals surface area contributed by atoms with Gasteiger partial charge in [-0.15, -0.1) is 0 Å². The van der Waals surface area contributed by atoms with Crippen LogP contribution in [-0.4, -0.2) is 43.6 Å². The number of rotatable bonds is 6. The van der Waals surface area contributed by atoms with Crippen molar-refractivity contribution in [2.45, 2.75) is 19.8 Å². The lowest BCUT2D eigenvalue weighted by molar-refractivity contribution is -0.131. The monoisotopic (exact) mass is 372 g/mol. The smallest absolute Gasteiger partial charge is 0.222 e. The third kappa shape index (κ3) is 5.15. The highest BCUT2D eigenvalue weighted by atomic mass is 35.5. The predicted octanol–water partition coefficient (Wildman–Crippen LogP) is 4.16. The maximum Gasteiger partial charge on any atom is 0.222 e. The fourth-order valence-electron chi connectivity index (χ4n) is 3.09. The average molecular weight is 373 g/mol. The molecule has 1 heterocycles. The van der Waals surface area contributed by atoms with Gasteiger partial charge >= 0.3 is 0 Å². The average Bonchev–Trinajstić information content (AvgIpc) is 2.66. The molecule has 0 saturated carbocycles. The quantitative estimate of drug-likeness (QED) is 0.714. The van der Waals surface area contributed by atoms with Gasteiger partial charge in [0.2, 0.25) is 5.91 Å². The van der Waals surface area contributed by atoms with Gasteiger partial charge in [-0.3, -0.25) is 4.79 Å². The molecule has 1 amide bonds. The number of piperazine rings is 1. The molecule has 3 rings (SSSR count). The molecule has 0 spiro atoms. The number of hydrogen-bond acceptors (Lipinski definition) is 3. The normalized spacial score (nSPS) is 14.4. The molecule has 0 atom stereocenters. The van der Waals surface area contributed by atoms with Gasteiger partial charge < -0.3 is 14.5 Å². The van der Waals surface area contributed by atoms with Gasteiger partial charge in [-0.25, -0.2) is 0 Å². The van der Waals surface area contributed by atoms with Gasteiger partial charge in [0, 0.05) is 43.3 Å². The van der Waals surface area contributed by atoms with Crippen molar-refractivity contribution in [3.05, 3.63) is 59.1 Å². The third-order valence-electron chi connectivity index (χ3n) is 4.63. The Hall–Kier alpha value is -2.20. The van der Waals surface area contributed by atoms with E-state index in [4.69, 9.17) is 16.3 Å². The summed E-state index contributed by atoms with van der Waals surface area (Å²) in [5.74, 6) is 1.07. The van der Waals surface area contributed by atoms with Crippen molar-refractivity contribution in [3.63, 3.8) is 0 Å². The van der Waals surface area contributed by atoms with E-state index in [0.717, 1.165) is 49.1 Å². The summed E-state index contributed by atoms with van der Waals surface area (Å²) >= 11 is 6.06. The molecule has 1 aliphatic heterocycles. The van der Waals surface area contributed by atoms with Crippen LogP contribution in [0.5, 0.6) is 5.75 Å². The minimum Gasteiger partial charge on any atom is -0.494 e. The van der Waals surface area contributed by atoms with E-state index >= 15 is 0 Å². The second-order valence-electron chi connectivity index (χ2n) is 6.61. The number of carbonyl (C=O) groups is 1. The second-order valence-corrected chi connectivity index (χ2v) is 7.05. The number of benzene rings is 2. The van der Waals surface area contributed by atoms with E-state index < -0.39 is 0 Å². The van der Waals surface area contributed by atoms with Gasteiger partial charge in [0.05, 0.1) is 6.61 Å². The van der Waals surface area contributed by atoms with Gasteiger partial charge in [-0.1, -0.05) is 35.4 Å². The van der Waals surface area contributed by atoms with Crippen molar-refractivity contribution in [1.82, 2.24) is 4.90 Å². The van der Waals surface area contributed by atoms with Crippen molar-refractivity contribution in [3.8, 4) is 5.75 Å². The molecule has 26 heavy (non-hydrogen) atoms. The van der Waals surface area contributed by atoms with Crippen molar-refractivity contribution >= 4 is 23.2 Å². The summed E-state index contributed by atoms with van der Waals surface area (Å²) < 4.78 is 5.69. The topological polar surface area (TPSA) is 32.8 Å². The predicted molar refractivity (Wildman–Crippen MR) is 106 cm³/mol. The Labute approximate surface area is 160 Å².